The summed E-state index contributed by atoms with van der Waals surface area (Å²) in [6.07, 6.45) is 0. The van der Waals surface area contributed by atoms with Gasteiger partial charge in [0.2, 0.25) is 0 Å². The van der Waals surface area contributed by atoms with Gasteiger partial charge in [0, 0.05) is 0 Å². The minimum absolute atomic E-state index is 0.204. The van der Waals surface area contributed by atoms with E-state index in [0.717, 1.165) is 5.56 Å². The molecule has 2 nitrogen and oxygen atoms in total. The first kappa shape index (κ1) is 9.51. The summed E-state index contributed by atoms with van der Waals surface area (Å²) in [4.78, 5) is 10.4. The number of carbonyl (C=O) groups is 1. The molecule has 0 saturated heterocycles. The second kappa shape index (κ2) is 4.45. The number of rotatable bonds is 2. The Bertz CT molecular complexity index is 271. The number of halogens is 1. The standard InChI is InChI=1S/C8H6FO2.Sn.H/c9-8-3-1-7(2-4-8)5-11-6-10;;/h1-4H,5H2;;. The van der Waals surface area contributed by atoms with Crippen molar-refractivity contribution in [1.29, 1.82) is 0 Å². The number of benzene rings is 1. The van der Waals surface area contributed by atoms with Crippen molar-refractivity contribution in [2.75, 3.05) is 0 Å². The molecule has 0 heterocycles. The predicted molar refractivity (Wildman–Crippen MR) is 43.7 cm³/mol. The van der Waals surface area contributed by atoms with Gasteiger partial charge in [-0.1, -0.05) is 0 Å². The summed E-state index contributed by atoms with van der Waals surface area (Å²) in [5.41, 5.74) is 0.805. The summed E-state index contributed by atoms with van der Waals surface area (Å²) < 4.78 is 16.9. The van der Waals surface area contributed by atoms with Gasteiger partial charge in [-0.25, -0.2) is 0 Å². The first-order valence-electron chi connectivity index (χ1n) is 3.35. The van der Waals surface area contributed by atoms with E-state index in [9.17, 15) is 9.18 Å². The van der Waals surface area contributed by atoms with Crippen molar-refractivity contribution in [3.05, 3.63) is 35.6 Å². The Morgan fingerprint density at radius 2 is 2.00 bits per heavy atom. The van der Waals surface area contributed by atoms with E-state index in [1.165, 1.54) is 12.1 Å². The Morgan fingerprint density at radius 1 is 1.42 bits per heavy atom. The Morgan fingerprint density at radius 3 is 2.50 bits per heavy atom. The number of carbonyl (C=O) groups excluding carboxylic acids is 1. The molecule has 4 heteroatoms. The van der Waals surface area contributed by atoms with E-state index in [-0.39, 0.29) is 16.4 Å². The second-order valence-corrected chi connectivity index (χ2v) is 3.58. The van der Waals surface area contributed by atoms with Crippen LogP contribution < -0.4 is 0 Å². The summed E-state index contributed by atoms with van der Waals surface area (Å²) in [5, 5.41) is 0. The molecule has 0 fully saturated rings. The molecule has 1 rings (SSSR count). The van der Waals surface area contributed by atoms with Crippen LogP contribution in [0, 0.1) is 5.82 Å². The van der Waals surface area contributed by atoms with Gasteiger partial charge in [0.05, 0.1) is 0 Å². The quantitative estimate of drug-likeness (QED) is 0.760. The first-order valence-corrected chi connectivity index (χ1v) is 5.00. The number of ether oxygens (including phenoxy) is 1. The summed E-state index contributed by atoms with van der Waals surface area (Å²) in [5.74, 6) is -0.282. The van der Waals surface area contributed by atoms with Gasteiger partial charge < -0.3 is 0 Å². The van der Waals surface area contributed by atoms with Crippen LogP contribution in [0.15, 0.2) is 24.3 Å². The molecule has 0 aliphatic heterocycles. The molecule has 0 amide bonds. The van der Waals surface area contributed by atoms with Crippen LogP contribution in [0.4, 0.5) is 9.18 Å². The molecule has 2 radical (unpaired) electrons. The van der Waals surface area contributed by atoms with E-state index in [1.807, 2.05) is 0 Å². The zero-order chi connectivity index (χ0) is 8.97. The fraction of sp³-hybridized carbons (Fsp3) is 0.125. The molecule has 1 aromatic rings. The maximum atomic E-state index is 12.4. The Hall–Kier alpha value is -0.581. The Labute approximate surface area is 82.8 Å². The van der Waals surface area contributed by atoms with E-state index in [4.69, 9.17) is 4.74 Å². The monoisotopic (exact) mass is 274 g/mol. The molecule has 0 atom stereocenters. The molecule has 0 N–H and O–H groups in total. The fourth-order valence-electron chi connectivity index (χ4n) is 0.735. The normalized spacial score (nSPS) is 9.50. The van der Waals surface area contributed by atoms with Gasteiger partial charge >= 0.3 is 82.7 Å². The van der Waals surface area contributed by atoms with Crippen LogP contribution in [-0.2, 0) is 11.3 Å². The third-order valence-electron chi connectivity index (χ3n) is 1.29. The van der Waals surface area contributed by atoms with Crippen LogP contribution in [0.25, 0.3) is 0 Å². The van der Waals surface area contributed by atoms with Crippen LogP contribution in [0.3, 0.4) is 0 Å². The first-order chi connectivity index (χ1) is 5.68. The van der Waals surface area contributed by atoms with E-state index in [0.29, 0.717) is 22.5 Å². The molecule has 0 aliphatic carbocycles. The van der Waals surface area contributed by atoms with Gasteiger partial charge in [0.25, 0.3) is 0 Å². The fourth-order valence-corrected chi connectivity index (χ4v) is 0.973. The SMILES string of the molecule is O=[C]([SnH])OCc1ccc(F)cc1. The van der Waals surface area contributed by atoms with Crippen molar-refractivity contribution >= 4 is 26.5 Å². The molecule has 12 heavy (non-hydrogen) atoms. The van der Waals surface area contributed by atoms with Crippen LogP contribution in [0.2, 0.25) is 0 Å². The van der Waals surface area contributed by atoms with Gasteiger partial charge in [-0.2, -0.15) is 0 Å². The average Bonchev–Trinajstić information content (AvgIpc) is 2.03. The Kier molecular flexibility index (Phi) is 3.52. The van der Waals surface area contributed by atoms with E-state index < -0.39 is 0 Å². The third-order valence-corrected chi connectivity index (χ3v) is 1.77. The van der Waals surface area contributed by atoms with Gasteiger partial charge in [0.1, 0.15) is 0 Å². The van der Waals surface area contributed by atoms with Crippen LogP contribution in [-0.4, -0.2) is 26.5 Å². The van der Waals surface area contributed by atoms with Crippen molar-refractivity contribution in [2.24, 2.45) is 0 Å². The van der Waals surface area contributed by atoms with Crippen LogP contribution >= 0.6 is 0 Å². The molecule has 0 aliphatic rings. The zero-order valence-electron chi connectivity index (χ0n) is 6.29. The third kappa shape index (κ3) is 3.21. The molecule has 0 unspecified atom stereocenters. The van der Waals surface area contributed by atoms with Crippen LogP contribution in [0.5, 0.6) is 0 Å². The zero-order valence-corrected chi connectivity index (χ0v) is 9.58. The molecule has 0 bridgehead atoms. The van der Waals surface area contributed by atoms with Crippen molar-refractivity contribution < 1.29 is 13.9 Å². The van der Waals surface area contributed by atoms with E-state index >= 15 is 0 Å². The summed E-state index contributed by atoms with van der Waals surface area (Å²) >= 11 is 0.453. The van der Waals surface area contributed by atoms with Crippen molar-refractivity contribution in [1.82, 2.24) is 0 Å². The Balaban J connectivity index is 2.53. The van der Waals surface area contributed by atoms with E-state index in [2.05, 4.69) is 0 Å². The van der Waals surface area contributed by atoms with Gasteiger partial charge in [-0.05, 0) is 0 Å². The van der Waals surface area contributed by atoms with E-state index in [1.54, 1.807) is 12.1 Å². The summed E-state index contributed by atoms with van der Waals surface area (Å²) in [7, 11) is 0. The van der Waals surface area contributed by atoms with Crippen molar-refractivity contribution in [3.63, 3.8) is 0 Å². The molecule has 0 spiro atoms. The van der Waals surface area contributed by atoms with Gasteiger partial charge in [-0.15, -0.1) is 0 Å². The molecule has 0 aromatic heterocycles. The maximum absolute atomic E-state index is 12.4. The number of hydrogen-bond acceptors (Lipinski definition) is 2. The number of hydrogen-bond donors (Lipinski definition) is 0. The molecular formula is C8H7FO2Sn. The molecule has 62 valence electrons. The minimum atomic E-state index is -0.282. The van der Waals surface area contributed by atoms with Crippen molar-refractivity contribution in [2.45, 2.75) is 6.61 Å². The predicted octanol–water partition coefficient (Wildman–Crippen LogP) is 1.36. The topological polar surface area (TPSA) is 26.3 Å². The average molecular weight is 273 g/mol. The molecule has 1 aromatic carbocycles. The van der Waals surface area contributed by atoms with Crippen molar-refractivity contribution in [3.8, 4) is 0 Å². The van der Waals surface area contributed by atoms with Gasteiger partial charge in [0.15, 0.2) is 0 Å². The van der Waals surface area contributed by atoms with Crippen LogP contribution in [0.1, 0.15) is 5.56 Å². The summed E-state index contributed by atoms with van der Waals surface area (Å²) in [6.45, 7) is 0.236. The molecule has 0 saturated carbocycles. The van der Waals surface area contributed by atoms with Gasteiger partial charge in [-0.3, -0.25) is 0 Å². The molecular weight excluding hydrogens is 266 g/mol. The second-order valence-electron chi connectivity index (χ2n) is 2.23. The summed E-state index contributed by atoms with van der Waals surface area (Å²) in [6, 6.07) is 5.88.